The molecule has 0 amide bonds. The van der Waals surface area contributed by atoms with E-state index in [-0.39, 0.29) is 31.1 Å². The van der Waals surface area contributed by atoms with Gasteiger partial charge in [0.05, 0.1) is 0 Å². The smallest absolute Gasteiger partial charge is 0.306 e. The lowest BCUT2D eigenvalue weighted by Crippen LogP contribution is -2.30. The van der Waals surface area contributed by atoms with Crippen molar-refractivity contribution in [3.8, 4) is 0 Å². The molecule has 0 rings (SSSR count). The van der Waals surface area contributed by atoms with Crippen LogP contribution in [0.25, 0.3) is 0 Å². The molecule has 0 bridgehead atoms. The molecule has 1 atom stereocenters. The average Bonchev–Trinajstić information content (AvgIpc) is 3.11. The predicted octanol–water partition coefficient (Wildman–Crippen LogP) is 14.2. The highest BCUT2D eigenvalue weighted by molar-refractivity contribution is 5.71. The molecular formula is C46H88O6. The molecule has 0 fully saturated rings. The summed E-state index contributed by atoms with van der Waals surface area (Å²) >= 11 is 0. The highest BCUT2D eigenvalue weighted by atomic mass is 16.6. The zero-order valence-electron chi connectivity index (χ0n) is 35.4. The van der Waals surface area contributed by atoms with Crippen molar-refractivity contribution in [2.24, 2.45) is 11.8 Å². The minimum atomic E-state index is -0.760. The molecule has 308 valence electrons. The first-order valence-corrected chi connectivity index (χ1v) is 22.7. The van der Waals surface area contributed by atoms with E-state index in [0.29, 0.717) is 19.3 Å². The van der Waals surface area contributed by atoms with Gasteiger partial charge in [0, 0.05) is 19.3 Å². The molecule has 0 aromatic carbocycles. The number of esters is 3. The summed E-state index contributed by atoms with van der Waals surface area (Å²) in [6.45, 7) is 11.3. The van der Waals surface area contributed by atoms with E-state index in [4.69, 9.17) is 14.2 Å². The molecule has 0 spiro atoms. The van der Waals surface area contributed by atoms with Crippen LogP contribution in [0.1, 0.15) is 247 Å². The van der Waals surface area contributed by atoms with Gasteiger partial charge in [-0.1, -0.05) is 208 Å². The van der Waals surface area contributed by atoms with E-state index < -0.39 is 6.10 Å². The maximum absolute atomic E-state index is 12.7. The van der Waals surface area contributed by atoms with Gasteiger partial charge in [-0.05, 0) is 31.1 Å². The Morgan fingerprint density at radius 2 is 0.635 bits per heavy atom. The van der Waals surface area contributed by atoms with Crippen molar-refractivity contribution >= 4 is 17.9 Å². The summed E-state index contributed by atoms with van der Waals surface area (Å²) in [5.41, 5.74) is 0. The fraction of sp³-hybridized carbons (Fsp3) is 0.935. The number of unbranched alkanes of at least 4 members (excludes halogenated alkanes) is 25. The van der Waals surface area contributed by atoms with Gasteiger partial charge in [-0.2, -0.15) is 0 Å². The van der Waals surface area contributed by atoms with Gasteiger partial charge in [0.25, 0.3) is 0 Å². The van der Waals surface area contributed by atoms with Gasteiger partial charge in [-0.15, -0.1) is 0 Å². The second-order valence-electron chi connectivity index (χ2n) is 16.6. The van der Waals surface area contributed by atoms with Crippen molar-refractivity contribution in [1.29, 1.82) is 0 Å². The highest BCUT2D eigenvalue weighted by Crippen LogP contribution is 2.16. The maximum atomic E-state index is 12.7. The summed E-state index contributed by atoms with van der Waals surface area (Å²) in [6, 6.07) is 0. The van der Waals surface area contributed by atoms with Gasteiger partial charge in [0.1, 0.15) is 13.2 Å². The van der Waals surface area contributed by atoms with E-state index in [1.165, 1.54) is 135 Å². The molecule has 0 aromatic rings. The standard InChI is InChI=1S/C46H88O6/c1-6-7-8-9-10-11-12-13-18-21-28-33-38-46(49)52-43(40-51-45(48)37-32-27-23-22-25-30-35-42(4)5)39-50-44(47)36-31-26-20-17-15-14-16-19-24-29-34-41(2)3/h41-43H,6-40H2,1-5H3/t43-/m0/s1. The Kier molecular flexibility index (Phi) is 37.9. The van der Waals surface area contributed by atoms with Crippen LogP contribution in [0.4, 0.5) is 0 Å². The van der Waals surface area contributed by atoms with E-state index in [1.807, 2.05) is 0 Å². The third-order valence-corrected chi connectivity index (χ3v) is 10.2. The molecule has 0 saturated carbocycles. The zero-order chi connectivity index (χ0) is 38.3. The summed E-state index contributed by atoms with van der Waals surface area (Å²) in [7, 11) is 0. The number of carbonyl (C=O) groups is 3. The van der Waals surface area contributed by atoms with Crippen molar-refractivity contribution in [2.45, 2.75) is 253 Å². The SMILES string of the molecule is CCCCCCCCCCCCCCC(=O)O[C@@H](COC(=O)CCCCCCCCCCCCC(C)C)COC(=O)CCCCCCCCC(C)C. The molecule has 0 saturated heterocycles. The average molecular weight is 737 g/mol. The number of hydrogen-bond donors (Lipinski definition) is 0. The topological polar surface area (TPSA) is 78.9 Å². The van der Waals surface area contributed by atoms with E-state index >= 15 is 0 Å². The molecule has 0 aliphatic rings. The Morgan fingerprint density at radius 3 is 0.942 bits per heavy atom. The number of hydrogen-bond acceptors (Lipinski definition) is 6. The Morgan fingerprint density at radius 1 is 0.365 bits per heavy atom. The molecular weight excluding hydrogens is 648 g/mol. The van der Waals surface area contributed by atoms with E-state index in [9.17, 15) is 14.4 Å². The molecule has 6 nitrogen and oxygen atoms in total. The van der Waals surface area contributed by atoms with Crippen LogP contribution in [0.5, 0.6) is 0 Å². The van der Waals surface area contributed by atoms with Gasteiger partial charge in [-0.25, -0.2) is 0 Å². The van der Waals surface area contributed by atoms with Crippen LogP contribution < -0.4 is 0 Å². The Bertz CT molecular complexity index is 794. The lowest BCUT2D eigenvalue weighted by Gasteiger charge is -2.18. The lowest BCUT2D eigenvalue weighted by atomic mass is 10.0. The van der Waals surface area contributed by atoms with Crippen molar-refractivity contribution in [3.63, 3.8) is 0 Å². The van der Waals surface area contributed by atoms with Crippen LogP contribution in [0.2, 0.25) is 0 Å². The van der Waals surface area contributed by atoms with E-state index in [2.05, 4.69) is 34.6 Å². The minimum absolute atomic E-state index is 0.0656. The fourth-order valence-corrected chi connectivity index (χ4v) is 6.75. The van der Waals surface area contributed by atoms with Crippen molar-refractivity contribution in [1.82, 2.24) is 0 Å². The third-order valence-electron chi connectivity index (χ3n) is 10.2. The summed E-state index contributed by atoms with van der Waals surface area (Å²) < 4.78 is 16.7. The number of rotatable bonds is 40. The minimum Gasteiger partial charge on any atom is -0.462 e. The Hall–Kier alpha value is -1.59. The van der Waals surface area contributed by atoms with Gasteiger partial charge in [0.2, 0.25) is 0 Å². The zero-order valence-corrected chi connectivity index (χ0v) is 35.4. The van der Waals surface area contributed by atoms with Gasteiger partial charge in [-0.3, -0.25) is 14.4 Å². The highest BCUT2D eigenvalue weighted by Gasteiger charge is 2.19. The molecule has 0 radical (unpaired) electrons. The van der Waals surface area contributed by atoms with Crippen LogP contribution in [0.3, 0.4) is 0 Å². The van der Waals surface area contributed by atoms with Crippen LogP contribution in [0, 0.1) is 11.8 Å². The van der Waals surface area contributed by atoms with E-state index in [0.717, 1.165) is 69.6 Å². The van der Waals surface area contributed by atoms with Crippen LogP contribution in [-0.2, 0) is 28.6 Å². The predicted molar refractivity (Wildman–Crippen MR) is 220 cm³/mol. The quantitative estimate of drug-likeness (QED) is 0.0354. The summed E-state index contributed by atoms with van der Waals surface area (Å²) in [6.07, 6.45) is 36.7. The third kappa shape index (κ3) is 39.6. The molecule has 0 unspecified atom stereocenters. The normalized spacial score (nSPS) is 12.1. The first kappa shape index (κ1) is 50.4. The molecule has 0 aromatic heterocycles. The molecule has 0 aliphatic carbocycles. The monoisotopic (exact) mass is 737 g/mol. The van der Waals surface area contributed by atoms with Crippen molar-refractivity contribution in [2.75, 3.05) is 13.2 Å². The van der Waals surface area contributed by atoms with Gasteiger partial charge < -0.3 is 14.2 Å². The molecule has 0 N–H and O–H groups in total. The molecule has 52 heavy (non-hydrogen) atoms. The van der Waals surface area contributed by atoms with Gasteiger partial charge >= 0.3 is 17.9 Å². The largest absolute Gasteiger partial charge is 0.462 e. The molecule has 6 heteroatoms. The van der Waals surface area contributed by atoms with Crippen LogP contribution >= 0.6 is 0 Å². The maximum Gasteiger partial charge on any atom is 0.306 e. The fourth-order valence-electron chi connectivity index (χ4n) is 6.75. The molecule has 0 heterocycles. The molecule has 0 aliphatic heterocycles. The first-order chi connectivity index (χ1) is 25.2. The van der Waals surface area contributed by atoms with Gasteiger partial charge in [0.15, 0.2) is 6.10 Å². The van der Waals surface area contributed by atoms with Crippen molar-refractivity contribution < 1.29 is 28.6 Å². The van der Waals surface area contributed by atoms with Crippen LogP contribution in [-0.4, -0.2) is 37.2 Å². The summed E-state index contributed by atoms with van der Waals surface area (Å²) in [5, 5.41) is 0. The second kappa shape index (κ2) is 39.1. The Balaban J connectivity index is 4.32. The van der Waals surface area contributed by atoms with Crippen LogP contribution in [0.15, 0.2) is 0 Å². The van der Waals surface area contributed by atoms with Crippen molar-refractivity contribution in [3.05, 3.63) is 0 Å². The lowest BCUT2D eigenvalue weighted by molar-refractivity contribution is -0.167. The van der Waals surface area contributed by atoms with E-state index in [1.54, 1.807) is 0 Å². The number of ether oxygens (including phenoxy) is 3. The number of carbonyl (C=O) groups excluding carboxylic acids is 3. The second-order valence-corrected chi connectivity index (χ2v) is 16.6. The summed E-state index contributed by atoms with van der Waals surface area (Å²) in [5.74, 6) is 0.720. The Labute approximate surface area is 323 Å². The summed E-state index contributed by atoms with van der Waals surface area (Å²) in [4.78, 5) is 37.6. The first-order valence-electron chi connectivity index (χ1n) is 22.7.